The van der Waals surface area contributed by atoms with Gasteiger partial charge in [-0.25, -0.2) is 0 Å². The second-order valence-corrected chi connectivity index (χ2v) is 6.45. The number of amides is 1. The molecule has 5 nitrogen and oxygen atoms in total. The molecule has 4 aromatic rings. The molecule has 0 aliphatic heterocycles. The van der Waals surface area contributed by atoms with Crippen molar-refractivity contribution in [3.63, 3.8) is 0 Å². The second-order valence-electron chi connectivity index (χ2n) is 5.61. The minimum Gasteiger partial charge on any atom is -0.321 e. The number of rotatable bonds is 3. The number of para-hydroxylation sites is 1. The normalized spacial score (nSPS) is 10.8. The third-order valence-corrected chi connectivity index (χ3v) is 4.38. The number of nitrogens with zero attached hydrogens (tertiary/aromatic N) is 3. The maximum Gasteiger partial charge on any atom is 0.255 e. The number of nitrogens with one attached hydrogen (secondary N) is 1. The Labute approximate surface area is 159 Å². The zero-order valence-corrected chi connectivity index (χ0v) is 14.9. The van der Waals surface area contributed by atoms with Crippen LogP contribution in [-0.2, 0) is 0 Å². The maximum absolute atomic E-state index is 12.4. The number of hydrogen-bond acceptors (Lipinski definition) is 3. The molecule has 3 aromatic carbocycles. The SMILES string of the molecule is O=C(Nc1cc2nn(-c3ccccc3)nc2cc1Cl)c1ccc(Cl)cc1. The predicted molar refractivity (Wildman–Crippen MR) is 103 cm³/mol. The Morgan fingerprint density at radius 1 is 0.885 bits per heavy atom. The largest absolute Gasteiger partial charge is 0.321 e. The van der Waals surface area contributed by atoms with Crippen LogP contribution in [0.4, 0.5) is 5.69 Å². The van der Waals surface area contributed by atoms with Gasteiger partial charge in [-0.15, -0.1) is 10.2 Å². The summed E-state index contributed by atoms with van der Waals surface area (Å²) in [5.74, 6) is -0.279. The first kappa shape index (κ1) is 16.6. The number of hydrogen-bond donors (Lipinski definition) is 1. The summed E-state index contributed by atoms with van der Waals surface area (Å²) in [7, 11) is 0. The van der Waals surface area contributed by atoms with Gasteiger partial charge in [-0.3, -0.25) is 4.79 Å². The van der Waals surface area contributed by atoms with Crippen LogP contribution in [0.15, 0.2) is 66.7 Å². The minimum absolute atomic E-state index is 0.279. The average Bonchev–Trinajstić information content (AvgIpc) is 3.06. The van der Waals surface area contributed by atoms with Crippen LogP contribution in [0, 0.1) is 0 Å². The van der Waals surface area contributed by atoms with Crippen molar-refractivity contribution in [3.05, 3.63) is 82.3 Å². The number of carbonyl (C=O) groups excluding carboxylic acids is 1. The van der Waals surface area contributed by atoms with Crippen LogP contribution < -0.4 is 5.32 Å². The van der Waals surface area contributed by atoms with Crippen LogP contribution in [-0.4, -0.2) is 20.9 Å². The van der Waals surface area contributed by atoms with E-state index >= 15 is 0 Å². The van der Waals surface area contributed by atoms with Gasteiger partial charge in [0.1, 0.15) is 11.0 Å². The van der Waals surface area contributed by atoms with Crippen LogP contribution in [0.5, 0.6) is 0 Å². The van der Waals surface area contributed by atoms with Gasteiger partial charge < -0.3 is 5.32 Å². The Kier molecular flexibility index (Phi) is 4.32. The molecule has 1 amide bonds. The molecule has 0 saturated heterocycles. The Bertz CT molecular complexity index is 1090. The van der Waals surface area contributed by atoms with Gasteiger partial charge in [-0.05, 0) is 48.5 Å². The third kappa shape index (κ3) is 3.27. The van der Waals surface area contributed by atoms with Crippen LogP contribution in [0.3, 0.4) is 0 Å². The quantitative estimate of drug-likeness (QED) is 0.543. The van der Waals surface area contributed by atoms with E-state index in [1.807, 2.05) is 30.3 Å². The molecule has 26 heavy (non-hydrogen) atoms. The van der Waals surface area contributed by atoms with Crippen molar-refractivity contribution in [1.82, 2.24) is 15.0 Å². The van der Waals surface area contributed by atoms with Crippen LogP contribution in [0.2, 0.25) is 10.0 Å². The summed E-state index contributed by atoms with van der Waals surface area (Å²) < 4.78 is 0. The lowest BCUT2D eigenvalue weighted by Gasteiger charge is -2.07. The molecular weight excluding hydrogens is 371 g/mol. The molecule has 1 aromatic heterocycles. The third-order valence-electron chi connectivity index (χ3n) is 3.81. The lowest BCUT2D eigenvalue weighted by molar-refractivity contribution is 0.102. The molecular formula is C19H12Cl2N4O. The standard InChI is InChI=1S/C19H12Cl2N4O/c20-13-8-6-12(7-9-13)19(26)22-16-11-18-17(10-15(16)21)23-25(24-18)14-4-2-1-3-5-14/h1-11H,(H,22,26). The van der Waals surface area contributed by atoms with E-state index < -0.39 is 0 Å². The summed E-state index contributed by atoms with van der Waals surface area (Å²) in [5, 5.41) is 12.6. The molecule has 0 fully saturated rings. The highest BCUT2D eigenvalue weighted by Crippen LogP contribution is 2.27. The van der Waals surface area contributed by atoms with Crippen molar-refractivity contribution < 1.29 is 4.79 Å². The number of fused-ring (bicyclic) bond motifs is 1. The van der Waals surface area contributed by atoms with Gasteiger partial charge >= 0.3 is 0 Å². The molecule has 0 atom stereocenters. The molecule has 1 N–H and O–H groups in total. The molecule has 128 valence electrons. The fraction of sp³-hybridized carbons (Fsp3) is 0. The number of carbonyl (C=O) groups is 1. The summed E-state index contributed by atoms with van der Waals surface area (Å²) in [5.41, 5.74) is 3.07. The van der Waals surface area contributed by atoms with Crippen molar-refractivity contribution in [2.75, 3.05) is 5.32 Å². The number of benzene rings is 3. The van der Waals surface area contributed by atoms with Crippen LogP contribution >= 0.6 is 23.2 Å². The molecule has 0 unspecified atom stereocenters. The Morgan fingerprint density at radius 2 is 1.54 bits per heavy atom. The lowest BCUT2D eigenvalue weighted by Crippen LogP contribution is -2.12. The van der Waals surface area contributed by atoms with E-state index in [-0.39, 0.29) is 5.91 Å². The molecule has 0 saturated carbocycles. The fourth-order valence-electron chi connectivity index (χ4n) is 2.51. The van der Waals surface area contributed by atoms with Gasteiger partial charge in [-0.2, -0.15) is 4.80 Å². The summed E-state index contributed by atoms with van der Waals surface area (Å²) in [6.07, 6.45) is 0. The molecule has 1 heterocycles. The average molecular weight is 383 g/mol. The highest BCUT2D eigenvalue weighted by molar-refractivity contribution is 6.34. The first-order valence-corrected chi connectivity index (χ1v) is 8.55. The van der Waals surface area contributed by atoms with Gasteiger partial charge in [0, 0.05) is 10.6 Å². The highest BCUT2D eigenvalue weighted by Gasteiger charge is 2.12. The number of halogens is 2. The van der Waals surface area contributed by atoms with Crippen molar-refractivity contribution in [3.8, 4) is 5.69 Å². The first-order valence-electron chi connectivity index (χ1n) is 7.79. The van der Waals surface area contributed by atoms with Crippen molar-refractivity contribution in [2.45, 2.75) is 0 Å². The van der Waals surface area contributed by atoms with Crippen LogP contribution in [0.1, 0.15) is 10.4 Å². The lowest BCUT2D eigenvalue weighted by atomic mass is 10.2. The molecule has 0 aliphatic carbocycles. The molecule has 0 radical (unpaired) electrons. The summed E-state index contributed by atoms with van der Waals surface area (Å²) >= 11 is 12.2. The predicted octanol–water partition coefficient (Wildman–Crippen LogP) is 4.98. The van der Waals surface area contributed by atoms with Crippen molar-refractivity contribution >= 4 is 45.8 Å². The Balaban J connectivity index is 1.66. The van der Waals surface area contributed by atoms with E-state index in [4.69, 9.17) is 23.2 Å². The second kappa shape index (κ2) is 6.78. The number of aromatic nitrogens is 3. The highest BCUT2D eigenvalue weighted by atomic mass is 35.5. The summed E-state index contributed by atoms with van der Waals surface area (Å²) in [6, 6.07) is 19.6. The van der Waals surface area contributed by atoms with Gasteiger partial charge in [-0.1, -0.05) is 41.4 Å². The maximum atomic E-state index is 12.4. The zero-order chi connectivity index (χ0) is 18.1. The Morgan fingerprint density at radius 3 is 2.23 bits per heavy atom. The molecule has 7 heteroatoms. The van der Waals surface area contributed by atoms with Crippen molar-refractivity contribution in [2.24, 2.45) is 0 Å². The fourth-order valence-corrected chi connectivity index (χ4v) is 2.84. The summed E-state index contributed by atoms with van der Waals surface area (Å²) in [6.45, 7) is 0. The first-order chi connectivity index (χ1) is 12.6. The zero-order valence-electron chi connectivity index (χ0n) is 13.4. The van der Waals surface area contributed by atoms with Crippen LogP contribution in [0.25, 0.3) is 16.7 Å². The van der Waals surface area contributed by atoms with E-state index in [1.54, 1.807) is 36.4 Å². The minimum atomic E-state index is -0.279. The van der Waals surface area contributed by atoms with E-state index in [2.05, 4.69) is 15.5 Å². The molecule has 0 aliphatic rings. The van der Waals surface area contributed by atoms with Gasteiger partial charge in [0.25, 0.3) is 5.91 Å². The number of anilines is 1. The van der Waals surface area contributed by atoms with E-state index in [9.17, 15) is 4.79 Å². The van der Waals surface area contributed by atoms with Gasteiger partial charge in [0.2, 0.25) is 0 Å². The summed E-state index contributed by atoms with van der Waals surface area (Å²) in [4.78, 5) is 13.9. The molecule has 4 rings (SSSR count). The van der Waals surface area contributed by atoms with Gasteiger partial charge in [0.15, 0.2) is 0 Å². The van der Waals surface area contributed by atoms with Gasteiger partial charge in [0.05, 0.1) is 16.4 Å². The van der Waals surface area contributed by atoms with E-state index in [0.29, 0.717) is 32.3 Å². The molecule has 0 spiro atoms. The topological polar surface area (TPSA) is 59.8 Å². The van der Waals surface area contributed by atoms with E-state index in [1.165, 1.54) is 4.80 Å². The monoisotopic (exact) mass is 382 g/mol. The van der Waals surface area contributed by atoms with Crippen molar-refractivity contribution in [1.29, 1.82) is 0 Å². The molecule has 0 bridgehead atoms. The van der Waals surface area contributed by atoms with E-state index in [0.717, 1.165) is 5.69 Å². The smallest absolute Gasteiger partial charge is 0.255 e. The Hall–Kier alpha value is -2.89.